The molecule has 7 nitrogen and oxygen atoms in total. The summed E-state index contributed by atoms with van der Waals surface area (Å²) < 4.78 is 18.0. The van der Waals surface area contributed by atoms with Crippen LogP contribution in [0.1, 0.15) is 22.8 Å². The number of benzene rings is 2. The van der Waals surface area contributed by atoms with Gasteiger partial charge in [0.2, 0.25) is 0 Å². The topological polar surface area (TPSA) is 93.8 Å². The highest BCUT2D eigenvalue weighted by Crippen LogP contribution is 2.27. The minimum atomic E-state index is -0.586. The summed E-state index contributed by atoms with van der Waals surface area (Å²) in [7, 11) is 1.34. The molecule has 0 saturated carbocycles. The van der Waals surface area contributed by atoms with E-state index in [0.717, 1.165) is 6.07 Å². The van der Waals surface area contributed by atoms with Crippen molar-refractivity contribution in [3.63, 3.8) is 0 Å². The van der Waals surface area contributed by atoms with Crippen LogP contribution in [-0.4, -0.2) is 23.7 Å². The molecule has 2 rings (SSSR count). The smallest absolute Gasteiger partial charge is 0.311 e. The second-order valence-electron chi connectivity index (χ2n) is 4.79. The number of amides is 1. The van der Waals surface area contributed by atoms with Crippen molar-refractivity contribution in [2.24, 2.45) is 5.10 Å². The van der Waals surface area contributed by atoms with E-state index in [1.165, 1.54) is 37.4 Å². The van der Waals surface area contributed by atoms with Gasteiger partial charge in [-0.1, -0.05) is 6.07 Å². The number of ether oxygens (including phenoxy) is 1. The molecule has 0 aromatic heterocycles. The lowest BCUT2D eigenvalue weighted by molar-refractivity contribution is -0.385. The number of hydrogen-bond acceptors (Lipinski definition) is 5. The van der Waals surface area contributed by atoms with Gasteiger partial charge in [-0.05, 0) is 37.3 Å². The van der Waals surface area contributed by atoms with Gasteiger partial charge in [-0.25, -0.2) is 9.82 Å². The van der Waals surface area contributed by atoms with Crippen LogP contribution in [0.5, 0.6) is 5.75 Å². The van der Waals surface area contributed by atoms with Crippen LogP contribution in [0, 0.1) is 15.9 Å². The van der Waals surface area contributed by atoms with E-state index in [1.807, 2.05) is 0 Å². The number of halogens is 1. The van der Waals surface area contributed by atoms with E-state index < -0.39 is 16.6 Å². The quantitative estimate of drug-likeness (QED) is 0.518. The molecular formula is C16H14FN3O4. The standard InChI is InChI=1S/C16H14FN3O4/c1-10(11-6-7-15(24-2)14(9-11)20(22)23)18-19-16(21)12-4-3-5-13(17)8-12/h3-9H,1-2H3,(H,19,21)/b18-10+. The molecule has 0 aliphatic carbocycles. The average Bonchev–Trinajstić information content (AvgIpc) is 2.58. The molecule has 1 amide bonds. The summed E-state index contributed by atoms with van der Waals surface area (Å²) in [6.45, 7) is 1.58. The van der Waals surface area contributed by atoms with Crippen molar-refractivity contribution in [2.45, 2.75) is 6.92 Å². The van der Waals surface area contributed by atoms with Crippen LogP contribution in [0.25, 0.3) is 0 Å². The molecule has 2 aromatic carbocycles. The number of hydrazone groups is 1. The maximum absolute atomic E-state index is 13.1. The second kappa shape index (κ2) is 7.32. The van der Waals surface area contributed by atoms with Crippen LogP contribution < -0.4 is 10.2 Å². The predicted molar refractivity (Wildman–Crippen MR) is 85.7 cm³/mol. The lowest BCUT2D eigenvalue weighted by Crippen LogP contribution is -2.19. The molecular weight excluding hydrogens is 317 g/mol. The van der Waals surface area contributed by atoms with Gasteiger partial charge in [0.15, 0.2) is 5.75 Å². The zero-order valence-electron chi connectivity index (χ0n) is 12.9. The SMILES string of the molecule is COc1ccc(/C(C)=N/NC(=O)c2cccc(F)c2)cc1[N+](=O)[O-]. The summed E-state index contributed by atoms with van der Waals surface area (Å²) in [5, 5.41) is 14.9. The van der Waals surface area contributed by atoms with Crippen LogP contribution >= 0.6 is 0 Å². The molecule has 0 radical (unpaired) electrons. The first-order valence-electron chi connectivity index (χ1n) is 6.85. The van der Waals surface area contributed by atoms with E-state index in [2.05, 4.69) is 10.5 Å². The highest BCUT2D eigenvalue weighted by atomic mass is 19.1. The van der Waals surface area contributed by atoms with Gasteiger partial charge in [0.05, 0.1) is 17.7 Å². The van der Waals surface area contributed by atoms with E-state index in [1.54, 1.807) is 13.0 Å². The number of rotatable bonds is 5. The van der Waals surface area contributed by atoms with Gasteiger partial charge in [0.25, 0.3) is 5.91 Å². The van der Waals surface area contributed by atoms with Crippen molar-refractivity contribution in [3.8, 4) is 5.75 Å². The third-order valence-electron chi connectivity index (χ3n) is 3.21. The number of hydrogen-bond donors (Lipinski definition) is 1. The van der Waals surface area contributed by atoms with E-state index in [9.17, 15) is 19.3 Å². The van der Waals surface area contributed by atoms with E-state index in [4.69, 9.17) is 4.74 Å². The minimum absolute atomic E-state index is 0.118. The first-order valence-corrected chi connectivity index (χ1v) is 6.85. The summed E-state index contributed by atoms with van der Waals surface area (Å²) in [5.41, 5.74) is 2.99. The number of carbonyl (C=O) groups excluding carboxylic acids is 1. The normalized spacial score (nSPS) is 11.0. The first kappa shape index (κ1) is 17.1. The Kier molecular flexibility index (Phi) is 5.20. The Hall–Kier alpha value is -3.29. The van der Waals surface area contributed by atoms with Gasteiger partial charge in [-0.3, -0.25) is 14.9 Å². The molecule has 124 valence electrons. The van der Waals surface area contributed by atoms with Crippen LogP contribution in [0.3, 0.4) is 0 Å². The molecule has 2 aromatic rings. The summed E-state index contributed by atoms with van der Waals surface area (Å²) in [5.74, 6) is -0.994. The predicted octanol–water partition coefficient (Wildman–Crippen LogP) is 2.90. The Bertz CT molecular complexity index is 821. The zero-order valence-corrected chi connectivity index (χ0v) is 12.9. The largest absolute Gasteiger partial charge is 0.490 e. The lowest BCUT2D eigenvalue weighted by Gasteiger charge is -2.06. The van der Waals surface area contributed by atoms with Crippen LogP contribution in [0.15, 0.2) is 47.6 Å². The molecule has 0 bridgehead atoms. The summed E-state index contributed by atoms with van der Waals surface area (Å²) in [4.78, 5) is 22.3. The Labute approximate surface area is 136 Å². The second-order valence-corrected chi connectivity index (χ2v) is 4.79. The maximum atomic E-state index is 13.1. The van der Waals surface area contributed by atoms with Crippen molar-refractivity contribution < 1.29 is 18.8 Å². The fraction of sp³-hybridized carbons (Fsp3) is 0.125. The van der Waals surface area contributed by atoms with Crippen molar-refractivity contribution in [1.29, 1.82) is 0 Å². The molecule has 1 N–H and O–H groups in total. The first-order chi connectivity index (χ1) is 11.4. The summed E-state index contributed by atoms with van der Waals surface area (Å²) >= 11 is 0. The number of methoxy groups -OCH3 is 1. The fourth-order valence-electron chi connectivity index (χ4n) is 1.95. The monoisotopic (exact) mass is 331 g/mol. The number of carbonyl (C=O) groups is 1. The molecule has 0 aliphatic heterocycles. The molecule has 0 spiro atoms. The lowest BCUT2D eigenvalue weighted by atomic mass is 10.1. The van der Waals surface area contributed by atoms with E-state index in [0.29, 0.717) is 11.3 Å². The van der Waals surface area contributed by atoms with Crippen molar-refractivity contribution in [2.75, 3.05) is 7.11 Å². The molecule has 8 heteroatoms. The molecule has 24 heavy (non-hydrogen) atoms. The van der Waals surface area contributed by atoms with Gasteiger partial charge in [-0.15, -0.1) is 0 Å². The highest BCUT2D eigenvalue weighted by molar-refractivity contribution is 6.01. The highest BCUT2D eigenvalue weighted by Gasteiger charge is 2.16. The van der Waals surface area contributed by atoms with Crippen molar-refractivity contribution in [3.05, 3.63) is 69.5 Å². The van der Waals surface area contributed by atoms with Crippen LogP contribution in [-0.2, 0) is 0 Å². The Balaban J connectivity index is 2.20. The summed E-state index contributed by atoms with van der Waals surface area (Å²) in [6.07, 6.45) is 0. The third kappa shape index (κ3) is 3.92. The molecule has 0 unspecified atom stereocenters. The van der Waals surface area contributed by atoms with Crippen LogP contribution in [0.2, 0.25) is 0 Å². The minimum Gasteiger partial charge on any atom is -0.490 e. The van der Waals surface area contributed by atoms with Crippen molar-refractivity contribution in [1.82, 2.24) is 5.43 Å². The number of nitro benzene ring substituents is 1. The summed E-state index contributed by atoms with van der Waals surface area (Å²) in [6, 6.07) is 9.49. The number of nitrogens with zero attached hydrogens (tertiary/aromatic N) is 2. The Morgan fingerprint density at radius 1 is 1.25 bits per heavy atom. The zero-order chi connectivity index (χ0) is 17.7. The Morgan fingerprint density at radius 3 is 2.62 bits per heavy atom. The molecule has 0 saturated heterocycles. The van der Waals surface area contributed by atoms with Gasteiger partial charge < -0.3 is 4.74 Å². The van der Waals surface area contributed by atoms with E-state index in [-0.39, 0.29) is 17.0 Å². The molecule has 0 aliphatic rings. The fourth-order valence-corrected chi connectivity index (χ4v) is 1.95. The maximum Gasteiger partial charge on any atom is 0.311 e. The third-order valence-corrected chi connectivity index (χ3v) is 3.21. The average molecular weight is 331 g/mol. The number of nitrogens with one attached hydrogen (secondary N) is 1. The molecule has 0 fully saturated rings. The molecule has 0 atom stereocenters. The molecule has 0 heterocycles. The Morgan fingerprint density at radius 2 is 2.00 bits per heavy atom. The van der Waals surface area contributed by atoms with Gasteiger partial charge in [0.1, 0.15) is 5.82 Å². The van der Waals surface area contributed by atoms with Gasteiger partial charge in [-0.2, -0.15) is 5.10 Å². The number of nitro groups is 1. The van der Waals surface area contributed by atoms with Gasteiger partial charge in [0, 0.05) is 17.2 Å². The van der Waals surface area contributed by atoms with Gasteiger partial charge >= 0.3 is 5.69 Å². The van der Waals surface area contributed by atoms with Crippen LogP contribution in [0.4, 0.5) is 10.1 Å². The van der Waals surface area contributed by atoms with Crippen molar-refractivity contribution >= 4 is 17.3 Å². The van der Waals surface area contributed by atoms with E-state index >= 15 is 0 Å².